The van der Waals surface area contributed by atoms with Crippen LogP contribution < -0.4 is 5.73 Å². The molecule has 2 atom stereocenters. The maximum atomic E-state index is 6.16. The third-order valence-electron chi connectivity index (χ3n) is 5.56. The standard InChI is InChI=1S/C15H28N2/c1-15(2)7-5-12(6-8-15)17-13-3-4-14(17)10-11(16)9-13/h11-14H,3-10,16H2,1-2H3. The third kappa shape index (κ3) is 2.26. The monoisotopic (exact) mass is 236 g/mol. The molecule has 3 fully saturated rings. The van der Waals surface area contributed by atoms with Crippen LogP contribution in [0.1, 0.15) is 65.2 Å². The average Bonchev–Trinajstić information content (AvgIpc) is 2.53. The number of fused-ring (bicyclic) bond motifs is 2. The van der Waals surface area contributed by atoms with E-state index in [2.05, 4.69) is 18.7 Å². The average molecular weight is 236 g/mol. The van der Waals surface area contributed by atoms with Gasteiger partial charge in [0.05, 0.1) is 0 Å². The van der Waals surface area contributed by atoms with Gasteiger partial charge in [-0.05, 0) is 56.8 Å². The fraction of sp³-hybridized carbons (Fsp3) is 1.00. The minimum Gasteiger partial charge on any atom is -0.328 e. The molecule has 0 amide bonds. The number of hydrogen-bond donors (Lipinski definition) is 1. The molecule has 1 aliphatic carbocycles. The number of hydrogen-bond acceptors (Lipinski definition) is 2. The molecule has 0 aromatic heterocycles. The Kier molecular flexibility index (Phi) is 2.99. The normalized spacial score (nSPS) is 42.9. The maximum absolute atomic E-state index is 6.16. The molecule has 0 spiro atoms. The van der Waals surface area contributed by atoms with Crippen molar-refractivity contribution < 1.29 is 0 Å². The van der Waals surface area contributed by atoms with E-state index in [0.29, 0.717) is 11.5 Å². The molecule has 0 aromatic carbocycles. The minimum atomic E-state index is 0.490. The van der Waals surface area contributed by atoms with Crippen LogP contribution in [0.3, 0.4) is 0 Å². The van der Waals surface area contributed by atoms with E-state index in [1.54, 1.807) is 0 Å². The van der Waals surface area contributed by atoms with Crippen molar-refractivity contribution in [3.8, 4) is 0 Å². The molecule has 2 saturated heterocycles. The largest absolute Gasteiger partial charge is 0.328 e. The van der Waals surface area contributed by atoms with E-state index in [-0.39, 0.29) is 0 Å². The summed E-state index contributed by atoms with van der Waals surface area (Å²) in [5.41, 5.74) is 6.76. The van der Waals surface area contributed by atoms with Crippen LogP contribution in [0, 0.1) is 5.41 Å². The van der Waals surface area contributed by atoms with Gasteiger partial charge in [0.2, 0.25) is 0 Å². The molecule has 17 heavy (non-hydrogen) atoms. The van der Waals surface area contributed by atoms with Crippen LogP contribution >= 0.6 is 0 Å². The molecule has 2 unspecified atom stereocenters. The highest BCUT2D eigenvalue weighted by molar-refractivity contribution is 5.00. The molecular formula is C15H28N2. The fourth-order valence-electron chi connectivity index (χ4n) is 4.53. The summed E-state index contributed by atoms with van der Waals surface area (Å²) in [5, 5.41) is 0. The highest BCUT2D eigenvalue weighted by Crippen LogP contribution is 2.43. The van der Waals surface area contributed by atoms with Crippen LogP contribution in [-0.2, 0) is 0 Å². The molecule has 3 aliphatic rings. The van der Waals surface area contributed by atoms with E-state index in [1.807, 2.05) is 0 Å². The van der Waals surface area contributed by atoms with E-state index in [9.17, 15) is 0 Å². The SMILES string of the molecule is CC1(C)CCC(N2C3CCC2CC(N)C3)CC1. The summed E-state index contributed by atoms with van der Waals surface area (Å²) in [6.07, 6.45) is 11.0. The molecule has 0 aromatic rings. The zero-order valence-corrected chi connectivity index (χ0v) is 11.5. The quantitative estimate of drug-likeness (QED) is 0.758. The van der Waals surface area contributed by atoms with E-state index in [0.717, 1.165) is 18.1 Å². The molecule has 2 heterocycles. The summed E-state index contributed by atoms with van der Waals surface area (Å²) >= 11 is 0. The molecule has 2 heteroatoms. The highest BCUT2D eigenvalue weighted by Gasteiger charge is 2.44. The van der Waals surface area contributed by atoms with E-state index in [1.165, 1.54) is 51.4 Å². The van der Waals surface area contributed by atoms with Gasteiger partial charge in [-0.1, -0.05) is 13.8 Å². The first-order valence-electron chi connectivity index (χ1n) is 7.58. The minimum absolute atomic E-state index is 0.490. The van der Waals surface area contributed by atoms with Gasteiger partial charge in [0.15, 0.2) is 0 Å². The van der Waals surface area contributed by atoms with Gasteiger partial charge in [-0.2, -0.15) is 0 Å². The Morgan fingerprint density at radius 2 is 1.41 bits per heavy atom. The van der Waals surface area contributed by atoms with Gasteiger partial charge in [0.25, 0.3) is 0 Å². The van der Waals surface area contributed by atoms with Crippen molar-refractivity contribution in [3.05, 3.63) is 0 Å². The van der Waals surface area contributed by atoms with Crippen LogP contribution in [0.15, 0.2) is 0 Å². The van der Waals surface area contributed by atoms with Crippen molar-refractivity contribution in [2.45, 2.75) is 89.4 Å². The molecule has 0 radical (unpaired) electrons. The predicted molar refractivity (Wildman–Crippen MR) is 71.9 cm³/mol. The molecule has 2 bridgehead atoms. The van der Waals surface area contributed by atoms with E-state index >= 15 is 0 Å². The Labute approximate surface area is 106 Å². The summed E-state index contributed by atoms with van der Waals surface area (Å²) in [6.45, 7) is 4.87. The second kappa shape index (κ2) is 4.24. The fourth-order valence-corrected chi connectivity index (χ4v) is 4.53. The summed E-state index contributed by atoms with van der Waals surface area (Å²) in [4.78, 5) is 2.89. The molecule has 3 rings (SSSR count). The van der Waals surface area contributed by atoms with Crippen molar-refractivity contribution in [2.24, 2.45) is 11.1 Å². The summed E-state index contributed by atoms with van der Waals surface area (Å²) < 4.78 is 0. The Morgan fingerprint density at radius 1 is 0.882 bits per heavy atom. The third-order valence-corrected chi connectivity index (χ3v) is 5.56. The smallest absolute Gasteiger partial charge is 0.0116 e. The lowest BCUT2D eigenvalue weighted by Gasteiger charge is -2.46. The van der Waals surface area contributed by atoms with Crippen molar-refractivity contribution in [1.82, 2.24) is 4.90 Å². The van der Waals surface area contributed by atoms with Crippen LogP contribution in [0.4, 0.5) is 0 Å². The molecule has 98 valence electrons. The Bertz CT molecular complexity index is 263. The van der Waals surface area contributed by atoms with Gasteiger partial charge in [0, 0.05) is 24.2 Å². The van der Waals surface area contributed by atoms with Crippen LogP contribution in [-0.4, -0.2) is 29.1 Å². The lowest BCUT2D eigenvalue weighted by atomic mass is 9.74. The van der Waals surface area contributed by atoms with Crippen molar-refractivity contribution in [3.63, 3.8) is 0 Å². The Hall–Kier alpha value is -0.0800. The van der Waals surface area contributed by atoms with E-state index in [4.69, 9.17) is 5.73 Å². The Morgan fingerprint density at radius 3 is 1.94 bits per heavy atom. The van der Waals surface area contributed by atoms with Gasteiger partial charge < -0.3 is 5.73 Å². The summed E-state index contributed by atoms with van der Waals surface area (Å²) in [5.74, 6) is 0. The van der Waals surface area contributed by atoms with Crippen molar-refractivity contribution in [2.75, 3.05) is 0 Å². The zero-order valence-electron chi connectivity index (χ0n) is 11.5. The topological polar surface area (TPSA) is 29.3 Å². The number of nitrogens with zero attached hydrogens (tertiary/aromatic N) is 1. The van der Waals surface area contributed by atoms with Gasteiger partial charge in [-0.25, -0.2) is 0 Å². The van der Waals surface area contributed by atoms with E-state index < -0.39 is 0 Å². The van der Waals surface area contributed by atoms with Crippen molar-refractivity contribution >= 4 is 0 Å². The molecule has 2 aliphatic heterocycles. The zero-order chi connectivity index (χ0) is 12.0. The van der Waals surface area contributed by atoms with Gasteiger partial charge in [-0.15, -0.1) is 0 Å². The number of piperidine rings is 1. The second-order valence-electron chi connectivity index (χ2n) is 7.46. The molecular weight excluding hydrogens is 208 g/mol. The van der Waals surface area contributed by atoms with Crippen molar-refractivity contribution in [1.29, 1.82) is 0 Å². The van der Waals surface area contributed by atoms with Crippen LogP contribution in [0.5, 0.6) is 0 Å². The maximum Gasteiger partial charge on any atom is 0.0116 e. The number of nitrogens with two attached hydrogens (primary N) is 1. The van der Waals surface area contributed by atoms with Crippen LogP contribution in [0.2, 0.25) is 0 Å². The first kappa shape index (κ1) is 12.0. The summed E-state index contributed by atoms with van der Waals surface area (Å²) in [6, 6.07) is 3.03. The molecule has 2 nitrogen and oxygen atoms in total. The van der Waals surface area contributed by atoms with Gasteiger partial charge in [-0.3, -0.25) is 4.90 Å². The van der Waals surface area contributed by atoms with Gasteiger partial charge >= 0.3 is 0 Å². The van der Waals surface area contributed by atoms with Gasteiger partial charge in [0.1, 0.15) is 0 Å². The molecule has 1 saturated carbocycles. The Balaban J connectivity index is 1.66. The summed E-state index contributed by atoms with van der Waals surface area (Å²) in [7, 11) is 0. The first-order valence-corrected chi connectivity index (χ1v) is 7.58. The lowest BCUT2D eigenvalue weighted by molar-refractivity contribution is 0.0362. The lowest BCUT2D eigenvalue weighted by Crippen LogP contribution is -2.53. The van der Waals surface area contributed by atoms with Crippen LogP contribution in [0.25, 0.3) is 0 Å². The predicted octanol–water partition coefficient (Wildman–Crippen LogP) is 2.91. The molecule has 2 N–H and O–H groups in total. The number of rotatable bonds is 1. The highest BCUT2D eigenvalue weighted by atomic mass is 15.3. The second-order valence-corrected chi connectivity index (χ2v) is 7.46. The first-order chi connectivity index (χ1) is 8.05.